The number of halogens is 1. The van der Waals surface area contributed by atoms with Gasteiger partial charge in [-0.15, -0.1) is 0 Å². The van der Waals surface area contributed by atoms with Crippen LogP contribution in [0.5, 0.6) is 11.5 Å². The summed E-state index contributed by atoms with van der Waals surface area (Å²) < 4.78 is 16.9. The second kappa shape index (κ2) is 15.5. The Labute approximate surface area is 275 Å². The molecule has 46 heavy (non-hydrogen) atoms. The molecule has 0 aromatic heterocycles. The van der Waals surface area contributed by atoms with Crippen molar-refractivity contribution in [2.24, 2.45) is 0 Å². The smallest absolute Gasteiger partial charge is 0.407 e. The lowest BCUT2D eigenvalue weighted by atomic mass is 9.93. The zero-order chi connectivity index (χ0) is 33.3. The van der Waals surface area contributed by atoms with Gasteiger partial charge in [-0.25, -0.2) is 9.59 Å². The fourth-order valence-electron chi connectivity index (χ4n) is 4.72. The summed E-state index contributed by atoms with van der Waals surface area (Å²) in [5.41, 5.74) is 3.60. The minimum atomic E-state index is -0.799. The second-order valence-electron chi connectivity index (χ2n) is 11.6. The Hall–Kier alpha value is -4.82. The van der Waals surface area contributed by atoms with Gasteiger partial charge in [0.25, 0.3) is 5.91 Å². The monoisotopic (exact) mass is 642 g/mol. The van der Waals surface area contributed by atoms with Crippen molar-refractivity contribution in [2.75, 3.05) is 6.61 Å². The van der Waals surface area contributed by atoms with E-state index >= 15 is 0 Å². The second-order valence-corrected chi connectivity index (χ2v) is 12.0. The fraction of sp³-hybridized carbons (Fsp3) is 0.270. The Balaban J connectivity index is 1.71. The van der Waals surface area contributed by atoms with Gasteiger partial charge in [0.15, 0.2) is 0 Å². The van der Waals surface area contributed by atoms with Crippen molar-refractivity contribution in [3.05, 3.63) is 107 Å². The van der Waals surface area contributed by atoms with Crippen LogP contribution < -0.4 is 15.4 Å². The van der Waals surface area contributed by atoms with E-state index in [0.29, 0.717) is 39.6 Å². The maximum absolute atomic E-state index is 13.7. The van der Waals surface area contributed by atoms with Gasteiger partial charge in [-0.3, -0.25) is 4.79 Å². The molecular formula is C37H39ClN2O6. The molecule has 2 amide bonds. The van der Waals surface area contributed by atoms with E-state index in [2.05, 4.69) is 10.6 Å². The topological polar surface area (TPSA) is 103 Å². The number of esters is 1. The quantitative estimate of drug-likeness (QED) is 0.159. The summed E-state index contributed by atoms with van der Waals surface area (Å²) in [6.07, 6.45) is -0.149. The van der Waals surface area contributed by atoms with Crippen LogP contribution in [0.2, 0.25) is 5.02 Å². The average molecular weight is 643 g/mol. The molecule has 0 spiro atoms. The van der Waals surface area contributed by atoms with Crippen molar-refractivity contribution in [3.8, 4) is 33.8 Å². The lowest BCUT2D eigenvalue weighted by molar-refractivity contribution is -0.145. The molecule has 2 N–H and O–H groups in total. The van der Waals surface area contributed by atoms with E-state index in [0.717, 1.165) is 16.7 Å². The summed E-state index contributed by atoms with van der Waals surface area (Å²) in [4.78, 5) is 38.4. The van der Waals surface area contributed by atoms with Crippen LogP contribution in [-0.4, -0.2) is 36.2 Å². The van der Waals surface area contributed by atoms with Gasteiger partial charge >= 0.3 is 12.1 Å². The number of carbonyl (C=O) groups is 3. The molecule has 0 aliphatic heterocycles. The molecule has 4 aromatic rings. The Morgan fingerprint density at radius 3 is 2.28 bits per heavy atom. The van der Waals surface area contributed by atoms with Crippen LogP contribution >= 0.6 is 11.6 Å². The predicted octanol–water partition coefficient (Wildman–Crippen LogP) is 8.56. The molecule has 0 fully saturated rings. The van der Waals surface area contributed by atoms with Gasteiger partial charge in [0, 0.05) is 28.8 Å². The fourth-order valence-corrected chi connectivity index (χ4v) is 4.88. The number of amides is 2. The summed E-state index contributed by atoms with van der Waals surface area (Å²) in [6.45, 7) is 9.39. The largest absolute Gasteiger partial charge is 0.464 e. The van der Waals surface area contributed by atoms with Crippen molar-refractivity contribution in [3.63, 3.8) is 0 Å². The highest BCUT2D eigenvalue weighted by molar-refractivity contribution is 6.30. The minimum absolute atomic E-state index is 0.214. The van der Waals surface area contributed by atoms with Crippen LogP contribution in [0.1, 0.15) is 57.0 Å². The SMILES string of the molecule is CCOC(=O)C(CC)NC(=O)c1ccc(-c2ccccc2)cc1-c1ccc(Cl)cc1Oc1cccc(CNC(=O)OC(C)(C)C)c1. The van der Waals surface area contributed by atoms with E-state index in [1.54, 1.807) is 64.1 Å². The van der Waals surface area contributed by atoms with Crippen LogP contribution in [0.3, 0.4) is 0 Å². The van der Waals surface area contributed by atoms with Crippen molar-refractivity contribution >= 4 is 29.6 Å². The van der Waals surface area contributed by atoms with Crippen molar-refractivity contribution in [1.82, 2.24) is 10.6 Å². The van der Waals surface area contributed by atoms with E-state index in [-0.39, 0.29) is 13.2 Å². The molecule has 0 radical (unpaired) electrons. The Kier molecular flexibility index (Phi) is 11.4. The van der Waals surface area contributed by atoms with E-state index in [4.69, 9.17) is 25.8 Å². The number of nitrogens with one attached hydrogen (secondary N) is 2. The third-order valence-electron chi connectivity index (χ3n) is 6.85. The lowest BCUT2D eigenvalue weighted by Gasteiger charge is -2.20. The lowest BCUT2D eigenvalue weighted by Crippen LogP contribution is -2.41. The van der Waals surface area contributed by atoms with Gasteiger partial charge in [0.2, 0.25) is 0 Å². The number of hydrogen-bond acceptors (Lipinski definition) is 6. The summed E-state index contributed by atoms with van der Waals surface area (Å²) in [5.74, 6) is 0.00927. The van der Waals surface area contributed by atoms with Crippen LogP contribution in [0.4, 0.5) is 4.79 Å². The molecule has 1 unspecified atom stereocenters. The van der Waals surface area contributed by atoms with Gasteiger partial charge in [-0.1, -0.05) is 67.1 Å². The van der Waals surface area contributed by atoms with Crippen molar-refractivity contribution in [2.45, 2.75) is 59.2 Å². The van der Waals surface area contributed by atoms with Gasteiger partial charge in [0.05, 0.1) is 6.61 Å². The number of alkyl carbamates (subject to hydrolysis) is 1. The van der Waals surface area contributed by atoms with Crippen LogP contribution in [0, 0.1) is 0 Å². The maximum atomic E-state index is 13.7. The molecule has 9 heteroatoms. The molecule has 0 aliphatic rings. The van der Waals surface area contributed by atoms with Crippen LogP contribution in [0.15, 0.2) is 91.0 Å². The summed E-state index contributed by atoms with van der Waals surface area (Å²) in [6, 6.07) is 27.1. The van der Waals surface area contributed by atoms with Crippen molar-refractivity contribution in [1.29, 1.82) is 0 Å². The maximum Gasteiger partial charge on any atom is 0.407 e. The van der Waals surface area contributed by atoms with E-state index in [1.165, 1.54) is 0 Å². The normalized spacial score (nSPS) is 11.7. The first-order valence-electron chi connectivity index (χ1n) is 15.2. The third kappa shape index (κ3) is 9.34. The standard InChI is InChI=1S/C37H39ClN2O6/c1-6-32(35(42)44-7-2)40-34(41)30-18-16-26(25-13-9-8-10-14-25)21-31(30)29-19-17-27(38)22-33(29)45-28-15-11-12-24(20-28)23-39-36(43)46-37(3,4)5/h8-22,32H,6-7,23H2,1-5H3,(H,39,43)(H,40,41). The minimum Gasteiger partial charge on any atom is -0.464 e. The number of carbonyl (C=O) groups excluding carboxylic acids is 3. The predicted molar refractivity (Wildman–Crippen MR) is 180 cm³/mol. The van der Waals surface area contributed by atoms with E-state index in [9.17, 15) is 14.4 Å². The zero-order valence-electron chi connectivity index (χ0n) is 26.7. The highest BCUT2D eigenvalue weighted by Crippen LogP contribution is 2.39. The van der Waals surface area contributed by atoms with Gasteiger partial charge in [0.1, 0.15) is 23.1 Å². The summed E-state index contributed by atoms with van der Waals surface area (Å²) >= 11 is 6.45. The molecular weight excluding hydrogens is 604 g/mol. The molecule has 0 heterocycles. The first-order valence-corrected chi connectivity index (χ1v) is 15.6. The molecule has 0 saturated carbocycles. The highest BCUT2D eigenvalue weighted by Gasteiger charge is 2.24. The molecule has 0 aliphatic carbocycles. The molecule has 1 atom stereocenters. The number of rotatable bonds is 11. The Morgan fingerprint density at radius 2 is 1.59 bits per heavy atom. The Morgan fingerprint density at radius 1 is 0.826 bits per heavy atom. The van der Waals surface area contributed by atoms with Crippen LogP contribution in [-0.2, 0) is 20.8 Å². The molecule has 0 bridgehead atoms. The molecule has 4 rings (SSSR count). The summed E-state index contributed by atoms with van der Waals surface area (Å²) in [5, 5.41) is 6.04. The molecule has 0 saturated heterocycles. The highest BCUT2D eigenvalue weighted by atomic mass is 35.5. The van der Waals surface area contributed by atoms with Crippen molar-refractivity contribution < 1.29 is 28.6 Å². The van der Waals surface area contributed by atoms with Gasteiger partial charge in [-0.2, -0.15) is 0 Å². The average Bonchev–Trinajstić information content (AvgIpc) is 3.02. The van der Waals surface area contributed by atoms with E-state index in [1.807, 2.05) is 61.5 Å². The first-order chi connectivity index (χ1) is 22.0. The molecule has 240 valence electrons. The van der Waals surface area contributed by atoms with Gasteiger partial charge < -0.3 is 24.8 Å². The first kappa shape index (κ1) is 34.1. The van der Waals surface area contributed by atoms with Gasteiger partial charge in [-0.05, 0) is 92.8 Å². The number of benzene rings is 4. The molecule has 4 aromatic carbocycles. The number of ether oxygens (including phenoxy) is 3. The number of hydrogen-bond donors (Lipinski definition) is 2. The third-order valence-corrected chi connectivity index (χ3v) is 7.09. The summed E-state index contributed by atoms with van der Waals surface area (Å²) in [7, 11) is 0. The molecule has 8 nitrogen and oxygen atoms in total. The Bertz CT molecular complexity index is 1680. The van der Waals surface area contributed by atoms with E-state index < -0.39 is 29.6 Å². The zero-order valence-corrected chi connectivity index (χ0v) is 27.4. The van der Waals surface area contributed by atoms with Crippen LogP contribution in [0.25, 0.3) is 22.3 Å².